The van der Waals surface area contributed by atoms with Gasteiger partial charge in [-0.05, 0) is 60.7 Å². The van der Waals surface area contributed by atoms with Gasteiger partial charge in [-0.3, -0.25) is 15.1 Å². The number of furan rings is 1. The van der Waals surface area contributed by atoms with Crippen molar-refractivity contribution in [2.45, 2.75) is 12.1 Å². The Bertz CT molecular complexity index is 1410. The molecule has 10 heteroatoms. The predicted octanol–water partition coefficient (Wildman–Crippen LogP) is 5.44. The van der Waals surface area contributed by atoms with Crippen LogP contribution in [-0.2, 0) is 0 Å². The zero-order valence-electron chi connectivity index (χ0n) is 19.5. The molecule has 182 valence electrons. The van der Waals surface area contributed by atoms with Crippen molar-refractivity contribution in [1.29, 1.82) is 0 Å². The van der Waals surface area contributed by atoms with Crippen molar-refractivity contribution in [2.75, 3.05) is 19.1 Å². The van der Waals surface area contributed by atoms with E-state index >= 15 is 0 Å². The minimum atomic E-state index is -0.431. The molecule has 0 bridgehead atoms. The molecule has 1 aliphatic heterocycles. The Labute approximate surface area is 212 Å². The number of thiocarbonyl (C=S) groups is 1. The highest BCUT2D eigenvalue weighted by molar-refractivity contribution is 7.80. The number of non-ortho nitro benzene ring substituents is 1. The molecule has 1 aliphatic rings. The third kappa shape index (κ3) is 4.22. The molecule has 9 nitrogen and oxygen atoms in total. The van der Waals surface area contributed by atoms with Crippen molar-refractivity contribution < 1.29 is 18.8 Å². The van der Waals surface area contributed by atoms with Gasteiger partial charge < -0.3 is 24.1 Å². The summed E-state index contributed by atoms with van der Waals surface area (Å²) in [6.45, 7) is 0. The van der Waals surface area contributed by atoms with E-state index in [0.717, 1.165) is 11.3 Å². The molecule has 2 aromatic carbocycles. The van der Waals surface area contributed by atoms with E-state index in [4.69, 9.17) is 26.1 Å². The number of hydrogen-bond acceptors (Lipinski definition) is 7. The summed E-state index contributed by atoms with van der Waals surface area (Å²) in [5.74, 6) is 2.49. The average molecular weight is 503 g/mol. The Kier molecular flexibility index (Phi) is 6.26. The van der Waals surface area contributed by atoms with Gasteiger partial charge in [0, 0.05) is 30.0 Å². The predicted molar refractivity (Wildman–Crippen MR) is 138 cm³/mol. The number of nitro benzene ring substituents is 1. The van der Waals surface area contributed by atoms with Crippen LogP contribution in [0.3, 0.4) is 0 Å². The maximum Gasteiger partial charge on any atom is 0.269 e. The highest BCUT2D eigenvalue weighted by Gasteiger charge is 2.43. The van der Waals surface area contributed by atoms with Crippen LogP contribution in [0.15, 0.2) is 83.4 Å². The standard InChI is InChI=1S/C26H22N4O5S/c1-33-18-10-11-22(34-2)20(15-18)29-25(24(28-26(29)36)19-5-3-4-14-27-19)23-13-12-21(35-23)16-6-8-17(9-7-16)30(31)32/h3-15,24-25H,1-2H3,(H,28,36)/t24-,25+/m1/s1. The number of aromatic nitrogens is 1. The molecule has 0 spiro atoms. The third-order valence-corrected chi connectivity index (χ3v) is 6.34. The summed E-state index contributed by atoms with van der Waals surface area (Å²) in [4.78, 5) is 17.1. The van der Waals surface area contributed by atoms with E-state index in [1.807, 2.05) is 53.4 Å². The van der Waals surface area contributed by atoms with Gasteiger partial charge >= 0.3 is 0 Å². The lowest BCUT2D eigenvalue weighted by atomic mass is 10.0. The third-order valence-electron chi connectivity index (χ3n) is 6.02. The van der Waals surface area contributed by atoms with Gasteiger partial charge in [-0.15, -0.1) is 0 Å². The van der Waals surface area contributed by atoms with Crippen molar-refractivity contribution in [1.82, 2.24) is 10.3 Å². The fourth-order valence-corrected chi connectivity index (χ4v) is 4.64. The van der Waals surface area contributed by atoms with Gasteiger partial charge in [-0.25, -0.2) is 0 Å². The topological polar surface area (TPSA) is 103 Å². The van der Waals surface area contributed by atoms with Crippen LogP contribution in [0.2, 0.25) is 0 Å². The maximum atomic E-state index is 11.0. The lowest BCUT2D eigenvalue weighted by Crippen LogP contribution is -2.29. The van der Waals surface area contributed by atoms with E-state index in [0.29, 0.717) is 33.8 Å². The molecule has 0 unspecified atom stereocenters. The first kappa shape index (κ1) is 23.3. The van der Waals surface area contributed by atoms with Gasteiger partial charge in [0.1, 0.15) is 29.1 Å². The summed E-state index contributed by atoms with van der Waals surface area (Å²) in [6, 6.07) is 20.5. The fraction of sp³-hybridized carbons (Fsp3) is 0.154. The van der Waals surface area contributed by atoms with Crippen molar-refractivity contribution in [3.8, 4) is 22.8 Å². The first-order valence-corrected chi connectivity index (χ1v) is 11.5. The number of nitrogens with zero attached hydrogens (tertiary/aromatic N) is 3. The average Bonchev–Trinajstić information content (AvgIpc) is 3.53. The van der Waals surface area contributed by atoms with E-state index in [-0.39, 0.29) is 11.7 Å². The molecule has 4 aromatic rings. The van der Waals surface area contributed by atoms with Crippen LogP contribution in [0.25, 0.3) is 11.3 Å². The number of rotatable bonds is 7. The Morgan fingerprint density at radius 2 is 1.86 bits per heavy atom. The second kappa shape index (κ2) is 9.67. The Balaban J connectivity index is 1.61. The zero-order valence-corrected chi connectivity index (χ0v) is 20.3. The van der Waals surface area contributed by atoms with Crippen LogP contribution in [0.4, 0.5) is 11.4 Å². The fourth-order valence-electron chi connectivity index (χ4n) is 4.30. The molecule has 3 heterocycles. The van der Waals surface area contributed by atoms with Crippen molar-refractivity contribution in [3.05, 3.63) is 101 Å². The molecule has 0 amide bonds. The molecule has 1 fully saturated rings. The SMILES string of the molecule is COc1ccc(OC)c(N2C(=S)N[C@H](c3ccccn3)[C@@H]2c2ccc(-c3ccc([N+](=O)[O-])cc3)o2)c1. The number of pyridine rings is 1. The normalized spacial score (nSPS) is 17.1. The van der Waals surface area contributed by atoms with Crippen LogP contribution in [0.5, 0.6) is 11.5 Å². The van der Waals surface area contributed by atoms with Crippen LogP contribution in [0, 0.1) is 10.1 Å². The summed E-state index contributed by atoms with van der Waals surface area (Å²) in [6.07, 6.45) is 1.73. The summed E-state index contributed by atoms with van der Waals surface area (Å²) in [5, 5.41) is 14.9. The summed E-state index contributed by atoms with van der Waals surface area (Å²) in [5.41, 5.74) is 2.25. The molecule has 0 radical (unpaired) electrons. The van der Waals surface area contributed by atoms with Gasteiger partial charge in [0.25, 0.3) is 5.69 Å². The summed E-state index contributed by atoms with van der Waals surface area (Å²) >= 11 is 5.79. The Hall–Kier alpha value is -4.44. The lowest BCUT2D eigenvalue weighted by Gasteiger charge is -2.27. The maximum absolute atomic E-state index is 11.0. The van der Waals surface area contributed by atoms with E-state index in [1.165, 1.54) is 12.1 Å². The minimum Gasteiger partial charge on any atom is -0.497 e. The molecule has 0 saturated carbocycles. The van der Waals surface area contributed by atoms with Gasteiger partial charge in [0.15, 0.2) is 5.11 Å². The largest absolute Gasteiger partial charge is 0.497 e. The highest BCUT2D eigenvalue weighted by atomic mass is 32.1. The number of benzene rings is 2. The zero-order chi connectivity index (χ0) is 25.2. The second-order valence-electron chi connectivity index (χ2n) is 8.04. The van der Waals surface area contributed by atoms with Gasteiger partial charge in [0.05, 0.1) is 36.6 Å². The second-order valence-corrected chi connectivity index (χ2v) is 8.43. The first-order chi connectivity index (χ1) is 17.5. The van der Waals surface area contributed by atoms with Crippen molar-refractivity contribution in [3.63, 3.8) is 0 Å². The molecule has 0 aliphatic carbocycles. The van der Waals surface area contributed by atoms with Crippen LogP contribution < -0.4 is 19.7 Å². The van der Waals surface area contributed by atoms with Crippen molar-refractivity contribution >= 4 is 28.7 Å². The molecule has 1 saturated heterocycles. The molecule has 1 N–H and O–H groups in total. The number of nitrogens with one attached hydrogen (secondary N) is 1. The van der Waals surface area contributed by atoms with Gasteiger partial charge in [-0.2, -0.15) is 0 Å². The molecule has 5 rings (SSSR count). The van der Waals surface area contributed by atoms with Crippen LogP contribution in [-0.4, -0.2) is 29.2 Å². The molecule has 36 heavy (non-hydrogen) atoms. The van der Waals surface area contributed by atoms with E-state index < -0.39 is 11.0 Å². The van der Waals surface area contributed by atoms with Crippen LogP contribution in [0.1, 0.15) is 23.5 Å². The first-order valence-electron chi connectivity index (χ1n) is 11.1. The number of nitro groups is 1. The molecular formula is C26H22N4O5S. The number of methoxy groups -OCH3 is 2. The lowest BCUT2D eigenvalue weighted by molar-refractivity contribution is -0.384. The number of anilines is 1. The minimum absolute atomic E-state index is 0.0161. The molecule has 2 atom stereocenters. The summed E-state index contributed by atoms with van der Waals surface area (Å²) in [7, 11) is 3.20. The number of hydrogen-bond donors (Lipinski definition) is 1. The monoisotopic (exact) mass is 502 g/mol. The summed E-state index contributed by atoms with van der Waals surface area (Å²) < 4.78 is 17.4. The van der Waals surface area contributed by atoms with E-state index in [2.05, 4.69) is 10.3 Å². The molecular weight excluding hydrogens is 480 g/mol. The van der Waals surface area contributed by atoms with Gasteiger partial charge in [-0.1, -0.05) is 6.07 Å². The Morgan fingerprint density at radius 3 is 2.53 bits per heavy atom. The quantitative estimate of drug-likeness (QED) is 0.201. The van der Waals surface area contributed by atoms with E-state index in [9.17, 15) is 10.1 Å². The highest BCUT2D eigenvalue weighted by Crippen LogP contribution is 2.46. The van der Waals surface area contributed by atoms with Crippen molar-refractivity contribution in [2.24, 2.45) is 0 Å². The van der Waals surface area contributed by atoms with E-state index in [1.54, 1.807) is 32.5 Å². The van der Waals surface area contributed by atoms with Crippen LogP contribution >= 0.6 is 12.2 Å². The molecule has 2 aromatic heterocycles. The Morgan fingerprint density at radius 1 is 1.06 bits per heavy atom. The smallest absolute Gasteiger partial charge is 0.269 e. The number of ether oxygens (including phenoxy) is 2. The van der Waals surface area contributed by atoms with Gasteiger partial charge in [0.2, 0.25) is 0 Å².